The van der Waals surface area contributed by atoms with Gasteiger partial charge in [-0.05, 0) is 44.9 Å². The summed E-state index contributed by atoms with van der Waals surface area (Å²) in [5.41, 5.74) is 0. The number of carbonyl (C=O) groups is 2. The second-order valence-electron chi connectivity index (χ2n) is 15.0. The molecule has 0 aliphatic carbocycles. The van der Waals surface area contributed by atoms with Crippen molar-refractivity contribution in [2.45, 2.75) is 225 Å². The topological polar surface area (TPSA) is 119 Å². The van der Waals surface area contributed by atoms with Crippen molar-refractivity contribution in [1.29, 1.82) is 0 Å². The fourth-order valence-corrected chi connectivity index (χ4v) is 6.69. The number of esters is 2. The van der Waals surface area contributed by atoms with Crippen LogP contribution in [0.25, 0.3) is 0 Å². The molecule has 1 atom stereocenters. The number of phosphoric ester groups is 1. The van der Waals surface area contributed by atoms with Crippen LogP contribution in [-0.2, 0) is 28.2 Å². The van der Waals surface area contributed by atoms with Crippen molar-refractivity contribution < 1.29 is 37.9 Å². The fourth-order valence-electron chi connectivity index (χ4n) is 6.33. The van der Waals surface area contributed by atoms with Gasteiger partial charge in [0, 0.05) is 12.8 Å². The second-order valence-corrected chi connectivity index (χ2v) is 16.3. The SMILES string of the molecule is CCCCCCCC/C=C\C/C=C\C/C=C\CCCC(=O)O[C@H](COC(=O)CCCCCCCCCCCCCCCCCCCCC)COP(=O)(O)O. The minimum absolute atomic E-state index is 0.142. The number of unbranched alkanes of at least 4 members (excludes halogenated alkanes) is 25. The zero-order valence-corrected chi connectivity index (χ0v) is 35.8. The van der Waals surface area contributed by atoms with E-state index < -0.39 is 32.5 Å². The van der Waals surface area contributed by atoms with Crippen LogP contribution in [0.15, 0.2) is 36.5 Å². The minimum Gasteiger partial charge on any atom is -0.462 e. The number of allylic oxidation sites excluding steroid dienone is 6. The van der Waals surface area contributed by atoms with E-state index in [1.54, 1.807) is 0 Å². The van der Waals surface area contributed by atoms with Gasteiger partial charge in [-0.1, -0.05) is 198 Å². The smallest absolute Gasteiger partial charge is 0.462 e. The number of ether oxygens (including phenoxy) is 2. The van der Waals surface area contributed by atoms with Gasteiger partial charge in [0.05, 0.1) is 6.61 Å². The van der Waals surface area contributed by atoms with E-state index in [1.807, 2.05) is 6.08 Å². The summed E-state index contributed by atoms with van der Waals surface area (Å²) in [6, 6.07) is 0. The van der Waals surface area contributed by atoms with Gasteiger partial charge in [-0.2, -0.15) is 0 Å². The van der Waals surface area contributed by atoms with Crippen molar-refractivity contribution in [3.05, 3.63) is 36.5 Å². The standard InChI is InChI=1S/C45H83O8P/c1-3-5-7-9-11-13-15-17-19-21-22-24-25-27-29-31-33-35-37-39-44(46)51-41-43(42-52-54(48,49)50)53-45(47)40-38-36-34-32-30-28-26-23-20-18-16-14-12-10-8-6-4-2/h18,20,26,28,32,34,43H,3-17,19,21-25,27,29-31,33,35-42H2,1-2H3,(H2,48,49,50)/b20-18-,28-26-,34-32-/t43-/m1/s1. The van der Waals surface area contributed by atoms with E-state index in [2.05, 4.69) is 48.8 Å². The summed E-state index contributed by atoms with van der Waals surface area (Å²) < 4.78 is 26.4. The molecule has 316 valence electrons. The first-order valence-corrected chi connectivity index (χ1v) is 23.8. The molecule has 0 spiro atoms. The zero-order chi connectivity index (χ0) is 39.6. The highest BCUT2D eigenvalue weighted by Gasteiger charge is 2.22. The van der Waals surface area contributed by atoms with Gasteiger partial charge < -0.3 is 19.3 Å². The van der Waals surface area contributed by atoms with E-state index in [0.717, 1.165) is 38.5 Å². The highest BCUT2D eigenvalue weighted by molar-refractivity contribution is 7.46. The van der Waals surface area contributed by atoms with Gasteiger partial charge in [0.1, 0.15) is 6.61 Å². The molecule has 0 aromatic heterocycles. The average Bonchev–Trinajstić information content (AvgIpc) is 3.14. The number of hydrogen-bond acceptors (Lipinski definition) is 6. The molecule has 0 saturated heterocycles. The Labute approximate surface area is 332 Å². The molecule has 2 N–H and O–H groups in total. The lowest BCUT2D eigenvalue weighted by molar-refractivity contribution is -0.161. The predicted molar refractivity (Wildman–Crippen MR) is 225 cm³/mol. The monoisotopic (exact) mass is 783 g/mol. The number of rotatable bonds is 41. The van der Waals surface area contributed by atoms with Crippen molar-refractivity contribution >= 4 is 19.8 Å². The lowest BCUT2D eigenvalue weighted by atomic mass is 10.0. The van der Waals surface area contributed by atoms with E-state index in [-0.39, 0.29) is 19.4 Å². The van der Waals surface area contributed by atoms with Gasteiger partial charge in [-0.15, -0.1) is 0 Å². The number of phosphoric acid groups is 1. The lowest BCUT2D eigenvalue weighted by Crippen LogP contribution is -2.29. The molecule has 54 heavy (non-hydrogen) atoms. The average molecular weight is 783 g/mol. The summed E-state index contributed by atoms with van der Waals surface area (Å²) in [7, 11) is -4.77. The molecule has 0 aromatic carbocycles. The molecule has 0 saturated carbocycles. The Morgan fingerprint density at radius 2 is 0.852 bits per heavy atom. The Kier molecular flexibility index (Phi) is 39.6. The number of hydrogen-bond donors (Lipinski definition) is 2. The fraction of sp³-hybridized carbons (Fsp3) is 0.822. The van der Waals surface area contributed by atoms with E-state index in [0.29, 0.717) is 12.8 Å². The van der Waals surface area contributed by atoms with Gasteiger partial charge in [0.25, 0.3) is 0 Å². The Morgan fingerprint density at radius 1 is 0.481 bits per heavy atom. The van der Waals surface area contributed by atoms with Crippen molar-refractivity contribution in [2.24, 2.45) is 0 Å². The molecular formula is C45H83O8P. The highest BCUT2D eigenvalue weighted by Crippen LogP contribution is 2.36. The van der Waals surface area contributed by atoms with Gasteiger partial charge in [-0.25, -0.2) is 4.57 Å². The molecule has 0 bridgehead atoms. The summed E-state index contributed by atoms with van der Waals surface area (Å²) in [5.74, 6) is -0.937. The van der Waals surface area contributed by atoms with Crippen molar-refractivity contribution in [2.75, 3.05) is 13.2 Å². The van der Waals surface area contributed by atoms with Crippen LogP contribution in [0.2, 0.25) is 0 Å². The Hall–Kier alpha value is -1.73. The Bertz CT molecular complexity index is 973. The first-order valence-electron chi connectivity index (χ1n) is 22.3. The molecule has 0 radical (unpaired) electrons. The molecule has 0 heterocycles. The van der Waals surface area contributed by atoms with E-state index >= 15 is 0 Å². The number of carbonyl (C=O) groups excluding carboxylic acids is 2. The van der Waals surface area contributed by atoms with Crippen LogP contribution in [0.1, 0.15) is 219 Å². The molecule has 0 fully saturated rings. The van der Waals surface area contributed by atoms with Crippen LogP contribution in [0.5, 0.6) is 0 Å². The molecular weight excluding hydrogens is 699 g/mol. The largest absolute Gasteiger partial charge is 0.469 e. The van der Waals surface area contributed by atoms with Crippen LogP contribution in [0.4, 0.5) is 0 Å². The molecule has 0 amide bonds. The molecule has 0 aromatic rings. The van der Waals surface area contributed by atoms with Crippen LogP contribution in [-0.4, -0.2) is 41.0 Å². The van der Waals surface area contributed by atoms with Crippen molar-refractivity contribution in [3.63, 3.8) is 0 Å². The van der Waals surface area contributed by atoms with Crippen molar-refractivity contribution in [1.82, 2.24) is 0 Å². The van der Waals surface area contributed by atoms with E-state index in [4.69, 9.17) is 19.3 Å². The third kappa shape index (κ3) is 43.0. The summed E-state index contributed by atoms with van der Waals surface area (Å²) >= 11 is 0. The zero-order valence-electron chi connectivity index (χ0n) is 34.9. The molecule has 0 unspecified atom stereocenters. The van der Waals surface area contributed by atoms with Gasteiger partial charge >= 0.3 is 19.8 Å². The first kappa shape index (κ1) is 52.3. The van der Waals surface area contributed by atoms with Gasteiger partial charge in [0.15, 0.2) is 6.10 Å². The summed E-state index contributed by atoms with van der Waals surface area (Å²) in [6.45, 7) is 3.66. The molecule has 0 aliphatic heterocycles. The van der Waals surface area contributed by atoms with Crippen LogP contribution in [0, 0.1) is 0 Å². The van der Waals surface area contributed by atoms with Crippen LogP contribution >= 0.6 is 7.82 Å². The molecule has 9 heteroatoms. The molecule has 0 aliphatic rings. The second kappa shape index (κ2) is 40.9. The third-order valence-corrected chi connectivity index (χ3v) is 10.1. The normalized spacial score (nSPS) is 12.7. The van der Waals surface area contributed by atoms with Crippen molar-refractivity contribution in [3.8, 4) is 0 Å². The maximum absolute atomic E-state index is 12.4. The van der Waals surface area contributed by atoms with Gasteiger partial charge in [-0.3, -0.25) is 14.1 Å². The Morgan fingerprint density at radius 3 is 1.30 bits per heavy atom. The predicted octanol–water partition coefficient (Wildman–Crippen LogP) is 13.7. The van der Waals surface area contributed by atoms with E-state index in [9.17, 15) is 14.2 Å². The molecule has 8 nitrogen and oxygen atoms in total. The summed E-state index contributed by atoms with van der Waals surface area (Å²) in [5, 5.41) is 0. The first-order chi connectivity index (χ1) is 26.3. The quantitative estimate of drug-likeness (QED) is 0.0272. The van der Waals surface area contributed by atoms with Crippen LogP contribution in [0.3, 0.4) is 0 Å². The van der Waals surface area contributed by atoms with Crippen LogP contribution < -0.4 is 0 Å². The lowest BCUT2D eigenvalue weighted by Gasteiger charge is -2.18. The van der Waals surface area contributed by atoms with E-state index in [1.165, 1.54) is 141 Å². The minimum atomic E-state index is -4.77. The molecule has 0 rings (SSSR count). The summed E-state index contributed by atoms with van der Waals surface area (Å²) in [4.78, 5) is 42.9. The maximum Gasteiger partial charge on any atom is 0.469 e. The Balaban J connectivity index is 3.93. The maximum atomic E-state index is 12.4. The van der Waals surface area contributed by atoms with Gasteiger partial charge in [0.2, 0.25) is 0 Å². The summed E-state index contributed by atoms with van der Waals surface area (Å²) in [6.07, 6.45) is 48.8. The third-order valence-electron chi connectivity index (χ3n) is 9.66. The highest BCUT2D eigenvalue weighted by atomic mass is 31.2.